The van der Waals surface area contributed by atoms with E-state index < -0.39 is 0 Å². The highest BCUT2D eigenvalue weighted by Gasteiger charge is 2.18. The summed E-state index contributed by atoms with van der Waals surface area (Å²) in [6.45, 7) is 15.1. The highest BCUT2D eigenvalue weighted by atomic mass is 32.2. The molecule has 0 radical (unpaired) electrons. The van der Waals surface area contributed by atoms with E-state index in [9.17, 15) is 0 Å². The van der Waals surface area contributed by atoms with E-state index in [-0.39, 0.29) is 0 Å². The second kappa shape index (κ2) is 9.04. The lowest BCUT2D eigenvalue weighted by atomic mass is 9.92. The molecule has 0 N–H and O–H groups in total. The summed E-state index contributed by atoms with van der Waals surface area (Å²) in [6, 6.07) is 6.57. The molecule has 2 aromatic rings. The summed E-state index contributed by atoms with van der Waals surface area (Å²) in [4.78, 5) is 8.96. The average molecular weight is 368 g/mol. The van der Waals surface area contributed by atoms with Crippen molar-refractivity contribution in [2.45, 2.75) is 46.5 Å². The van der Waals surface area contributed by atoms with Crippen molar-refractivity contribution >= 4 is 22.4 Å². The van der Waals surface area contributed by atoms with E-state index in [2.05, 4.69) is 67.0 Å². The number of para-hydroxylation sites is 1. The van der Waals surface area contributed by atoms with E-state index in [1.165, 1.54) is 16.8 Å². The molecule has 0 aliphatic rings. The standard InChI is InChI=1S/C22H29N3S/c1-15(2)19-9-8-10-20(16(3)4)21(19)25-14-13-24-22(25)17(5)11-12-23-18(6)26-7/h8-16H,5H2,1-4,6-7H3/b12-11+,23-18?. The van der Waals surface area contributed by atoms with Gasteiger partial charge in [-0.2, -0.15) is 0 Å². The normalized spacial score (nSPS) is 12.5. The average Bonchev–Trinajstić information content (AvgIpc) is 3.09. The largest absolute Gasteiger partial charge is 0.299 e. The lowest BCUT2D eigenvalue weighted by Gasteiger charge is -2.21. The van der Waals surface area contributed by atoms with Gasteiger partial charge < -0.3 is 0 Å². The lowest BCUT2D eigenvalue weighted by Crippen LogP contribution is -2.08. The van der Waals surface area contributed by atoms with Crippen LogP contribution in [0.3, 0.4) is 0 Å². The van der Waals surface area contributed by atoms with Crippen molar-refractivity contribution in [1.29, 1.82) is 0 Å². The number of hydrogen-bond acceptors (Lipinski definition) is 3. The number of allylic oxidation sites excluding steroid dienone is 2. The Morgan fingerprint density at radius 1 is 1.19 bits per heavy atom. The minimum Gasteiger partial charge on any atom is -0.299 e. The molecule has 26 heavy (non-hydrogen) atoms. The molecule has 0 spiro atoms. The van der Waals surface area contributed by atoms with Crippen LogP contribution in [0.1, 0.15) is 63.4 Å². The van der Waals surface area contributed by atoms with Gasteiger partial charge in [0.1, 0.15) is 5.82 Å². The van der Waals surface area contributed by atoms with Crippen molar-refractivity contribution in [3.8, 4) is 5.69 Å². The van der Waals surface area contributed by atoms with Crippen LogP contribution in [0.4, 0.5) is 0 Å². The Morgan fingerprint density at radius 3 is 2.35 bits per heavy atom. The zero-order chi connectivity index (χ0) is 19.3. The van der Waals surface area contributed by atoms with Gasteiger partial charge >= 0.3 is 0 Å². The highest BCUT2D eigenvalue weighted by Crippen LogP contribution is 2.32. The Labute approximate surface area is 162 Å². The minimum atomic E-state index is 0.427. The maximum absolute atomic E-state index is 4.57. The Balaban J connectivity index is 2.53. The van der Waals surface area contributed by atoms with Gasteiger partial charge in [0.05, 0.1) is 10.7 Å². The van der Waals surface area contributed by atoms with Gasteiger partial charge in [-0.15, -0.1) is 11.8 Å². The summed E-state index contributed by atoms with van der Waals surface area (Å²) in [5.41, 5.74) is 4.72. The van der Waals surface area contributed by atoms with E-state index in [0.717, 1.165) is 16.4 Å². The number of imidazole rings is 1. The van der Waals surface area contributed by atoms with E-state index in [0.29, 0.717) is 11.8 Å². The van der Waals surface area contributed by atoms with Gasteiger partial charge in [0.15, 0.2) is 0 Å². The molecule has 0 amide bonds. The molecule has 0 fully saturated rings. The SMILES string of the molecule is C=C(/C=C/N=C(C)SC)c1nccn1-c1c(C(C)C)cccc1C(C)C. The Hall–Kier alpha value is -2.07. The number of aromatic nitrogens is 2. The van der Waals surface area contributed by atoms with Crippen molar-refractivity contribution in [1.82, 2.24) is 9.55 Å². The van der Waals surface area contributed by atoms with Crippen LogP contribution < -0.4 is 0 Å². The summed E-state index contributed by atoms with van der Waals surface area (Å²) in [7, 11) is 0. The van der Waals surface area contributed by atoms with Crippen molar-refractivity contribution < 1.29 is 0 Å². The van der Waals surface area contributed by atoms with Gasteiger partial charge in [0, 0.05) is 24.2 Å². The fourth-order valence-corrected chi connectivity index (χ4v) is 3.04. The van der Waals surface area contributed by atoms with E-state index in [1.807, 2.05) is 31.6 Å². The third-order valence-electron chi connectivity index (χ3n) is 4.34. The Kier molecular flexibility index (Phi) is 7.04. The maximum Gasteiger partial charge on any atom is 0.143 e. The van der Waals surface area contributed by atoms with Gasteiger partial charge in [-0.05, 0) is 42.2 Å². The third kappa shape index (κ3) is 4.55. The van der Waals surface area contributed by atoms with Crippen LogP contribution >= 0.6 is 11.8 Å². The fraction of sp³-hybridized carbons (Fsp3) is 0.364. The van der Waals surface area contributed by atoms with Crippen molar-refractivity contribution in [2.75, 3.05) is 6.26 Å². The molecular weight excluding hydrogens is 338 g/mol. The van der Waals surface area contributed by atoms with Crippen LogP contribution in [-0.2, 0) is 0 Å². The van der Waals surface area contributed by atoms with Crippen molar-refractivity contribution in [2.24, 2.45) is 4.99 Å². The monoisotopic (exact) mass is 367 g/mol. The minimum absolute atomic E-state index is 0.427. The van der Waals surface area contributed by atoms with Gasteiger partial charge in [-0.25, -0.2) is 4.98 Å². The van der Waals surface area contributed by atoms with Crippen LogP contribution in [0, 0.1) is 0 Å². The first kappa shape index (κ1) is 20.2. The van der Waals surface area contributed by atoms with Crippen molar-refractivity contribution in [3.05, 3.63) is 66.4 Å². The summed E-state index contributed by atoms with van der Waals surface area (Å²) >= 11 is 1.63. The number of benzene rings is 1. The molecule has 0 unspecified atom stereocenters. The second-order valence-electron chi connectivity index (χ2n) is 6.91. The van der Waals surface area contributed by atoms with E-state index in [4.69, 9.17) is 0 Å². The van der Waals surface area contributed by atoms with Crippen molar-refractivity contribution in [3.63, 3.8) is 0 Å². The lowest BCUT2D eigenvalue weighted by molar-refractivity contribution is 0.802. The van der Waals surface area contributed by atoms with E-state index in [1.54, 1.807) is 18.0 Å². The topological polar surface area (TPSA) is 30.2 Å². The van der Waals surface area contributed by atoms with Crippen LogP contribution in [0.15, 0.2) is 54.4 Å². The molecule has 0 aliphatic heterocycles. The summed E-state index contributed by atoms with van der Waals surface area (Å²) in [5, 5.41) is 1.02. The Bertz CT molecular complexity index is 799. The smallest absolute Gasteiger partial charge is 0.143 e. The van der Waals surface area contributed by atoms with Crippen LogP contribution in [0.25, 0.3) is 11.3 Å². The second-order valence-corrected chi connectivity index (χ2v) is 7.91. The summed E-state index contributed by atoms with van der Waals surface area (Å²) in [5.74, 6) is 1.71. The summed E-state index contributed by atoms with van der Waals surface area (Å²) < 4.78 is 2.17. The number of rotatable bonds is 6. The van der Waals surface area contributed by atoms with Gasteiger partial charge in [0.25, 0.3) is 0 Å². The molecule has 2 rings (SSSR count). The molecule has 0 saturated carbocycles. The number of hydrogen-bond donors (Lipinski definition) is 0. The zero-order valence-electron chi connectivity index (χ0n) is 16.7. The van der Waals surface area contributed by atoms with Gasteiger partial charge in [-0.1, -0.05) is 52.5 Å². The number of nitrogens with zero attached hydrogens (tertiary/aromatic N) is 3. The molecule has 1 aromatic carbocycles. The van der Waals surface area contributed by atoms with Gasteiger partial charge in [-0.3, -0.25) is 9.56 Å². The molecule has 0 bridgehead atoms. The molecule has 1 heterocycles. The third-order valence-corrected chi connectivity index (χ3v) is 5.04. The van der Waals surface area contributed by atoms with Crippen LogP contribution in [0.5, 0.6) is 0 Å². The van der Waals surface area contributed by atoms with E-state index >= 15 is 0 Å². The molecule has 1 aromatic heterocycles. The summed E-state index contributed by atoms with van der Waals surface area (Å²) in [6.07, 6.45) is 9.60. The highest BCUT2D eigenvalue weighted by molar-refractivity contribution is 8.13. The van der Waals surface area contributed by atoms with Crippen LogP contribution in [0.2, 0.25) is 0 Å². The molecule has 0 saturated heterocycles. The molecule has 0 atom stereocenters. The molecule has 0 aliphatic carbocycles. The van der Waals surface area contributed by atoms with Gasteiger partial charge in [0.2, 0.25) is 0 Å². The van der Waals surface area contributed by atoms with Crippen LogP contribution in [-0.4, -0.2) is 20.9 Å². The first-order valence-corrected chi connectivity index (χ1v) is 10.2. The predicted molar refractivity (Wildman–Crippen MR) is 117 cm³/mol. The number of aliphatic imine (C=N–C) groups is 1. The molecule has 3 nitrogen and oxygen atoms in total. The molecule has 138 valence electrons. The first-order chi connectivity index (χ1) is 12.4. The molecule has 4 heteroatoms. The number of thioether (sulfide) groups is 1. The first-order valence-electron chi connectivity index (χ1n) is 8.97. The Morgan fingerprint density at radius 2 is 1.81 bits per heavy atom. The molecular formula is C22H29N3S. The maximum atomic E-state index is 4.57. The zero-order valence-corrected chi connectivity index (χ0v) is 17.5. The quantitative estimate of drug-likeness (QED) is 0.335. The fourth-order valence-electron chi connectivity index (χ4n) is 2.87. The predicted octanol–water partition coefficient (Wildman–Crippen LogP) is 6.43.